The number of pyridine rings is 1. The molecule has 1 aromatic carbocycles. The molecule has 26 heavy (non-hydrogen) atoms. The molecule has 2 aromatic rings. The van der Waals surface area contributed by atoms with Gasteiger partial charge in [-0.1, -0.05) is 24.6 Å². The van der Waals surface area contributed by atoms with E-state index in [4.69, 9.17) is 11.6 Å². The van der Waals surface area contributed by atoms with Crippen LogP contribution < -0.4 is 9.62 Å². The van der Waals surface area contributed by atoms with E-state index in [0.717, 1.165) is 4.31 Å². The maximum absolute atomic E-state index is 12.3. The van der Waals surface area contributed by atoms with E-state index >= 15 is 0 Å². The Morgan fingerprint density at radius 2 is 2.12 bits per heavy atom. The number of benzene rings is 1. The SMILES string of the molecule is CC1CS(=O)(=O)N(c2ccc(C(=O)NCc3ccccn3)c(Cl)c2)C1=O. The third kappa shape index (κ3) is 3.56. The molecule has 1 saturated heterocycles. The van der Waals surface area contributed by atoms with Crippen LogP contribution in [0.3, 0.4) is 0 Å². The number of carbonyl (C=O) groups is 2. The lowest BCUT2D eigenvalue weighted by Gasteiger charge is -2.16. The second kappa shape index (κ2) is 7.05. The lowest BCUT2D eigenvalue weighted by Crippen LogP contribution is -2.30. The number of hydrogen-bond donors (Lipinski definition) is 1. The number of aromatic nitrogens is 1. The van der Waals surface area contributed by atoms with Crippen molar-refractivity contribution >= 4 is 39.1 Å². The summed E-state index contributed by atoms with van der Waals surface area (Å²) in [6, 6.07) is 9.47. The summed E-state index contributed by atoms with van der Waals surface area (Å²) in [6.07, 6.45) is 1.62. The highest BCUT2D eigenvalue weighted by Gasteiger charge is 2.42. The Balaban J connectivity index is 1.79. The summed E-state index contributed by atoms with van der Waals surface area (Å²) in [5.41, 5.74) is 1.01. The van der Waals surface area contributed by atoms with Crippen LogP contribution in [0.5, 0.6) is 0 Å². The van der Waals surface area contributed by atoms with Gasteiger partial charge in [0.25, 0.3) is 5.91 Å². The standard InChI is InChI=1S/C17H16ClN3O4S/c1-11-10-26(24,25)21(17(11)23)13-5-6-14(15(18)8-13)16(22)20-9-12-4-2-3-7-19-12/h2-8,11H,9-10H2,1H3,(H,20,22). The molecule has 1 N–H and O–H groups in total. The van der Waals surface area contributed by atoms with Gasteiger partial charge in [-0.25, -0.2) is 12.7 Å². The number of amides is 2. The summed E-state index contributed by atoms with van der Waals surface area (Å²) >= 11 is 6.15. The first-order chi connectivity index (χ1) is 12.3. The molecule has 9 heteroatoms. The molecule has 1 aliphatic heterocycles. The van der Waals surface area contributed by atoms with Gasteiger partial charge >= 0.3 is 0 Å². The zero-order valence-electron chi connectivity index (χ0n) is 13.8. The van der Waals surface area contributed by atoms with Crippen LogP contribution in [0.15, 0.2) is 42.6 Å². The smallest absolute Gasteiger partial charge is 0.253 e. The topological polar surface area (TPSA) is 96.4 Å². The summed E-state index contributed by atoms with van der Waals surface area (Å²) in [5.74, 6) is -1.78. The Morgan fingerprint density at radius 3 is 2.69 bits per heavy atom. The van der Waals surface area contributed by atoms with Crippen LogP contribution in [-0.2, 0) is 21.4 Å². The molecule has 1 aromatic heterocycles. The maximum Gasteiger partial charge on any atom is 0.253 e. The number of carbonyl (C=O) groups excluding carboxylic acids is 2. The van der Waals surface area contributed by atoms with Crippen LogP contribution in [0.25, 0.3) is 0 Å². The maximum atomic E-state index is 12.3. The number of halogens is 1. The molecule has 136 valence electrons. The number of nitrogens with zero attached hydrogens (tertiary/aromatic N) is 2. The zero-order chi connectivity index (χ0) is 18.9. The molecular weight excluding hydrogens is 378 g/mol. The fourth-order valence-electron chi connectivity index (χ4n) is 2.67. The highest BCUT2D eigenvalue weighted by atomic mass is 35.5. The van der Waals surface area contributed by atoms with Crippen LogP contribution in [0, 0.1) is 5.92 Å². The van der Waals surface area contributed by atoms with Crippen LogP contribution in [0.1, 0.15) is 23.0 Å². The van der Waals surface area contributed by atoms with Crippen molar-refractivity contribution < 1.29 is 18.0 Å². The van der Waals surface area contributed by atoms with Gasteiger partial charge < -0.3 is 5.32 Å². The third-order valence-corrected chi connectivity index (χ3v) is 6.13. The van der Waals surface area contributed by atoms with Gasteiger partial charge in [0.2, 0.25) is 15.9 Å². The molecule has 0 saturated carbocycles. The zero-order valence-corrected chi connectivity index (χ0v) is 15.4. The van der Waals surface area contributed by atoms with Crippen molar-refractivity contribution in [3.05, 3.63) is 58.9 Å². The van der Waals surface area contributed by atoms with Gasteiger partial charge in [-0.2, -0.15) is 0 Å². The number of anilines is 1. The Labute approximate surface area is 156 Å². The van der Waals surface area contributed by atoms with Crippen LogP contribution in [0.4, 0.5) is 5.69 Å². The first-order valence-corrected chi connectivity index (χ1v) is 9.83. The monoisotopic (exact) mass is 393 g/mol. The molecule has 7 nitrogen and oxygen atoms in total. The van der Waals surface area contributed by atoms with E-state index in [1.165, 1.54) is 18.2 Å². The second-order valence-corrected chi connectivity index (χ2v) is 8.22. The van der Waals surface area contributed by atoms with Crippen LogP contribution in [-0.4, -0.2) is 31.0 Å². The molecular formula is C17H16ClN3O4S. The fraction of sp³-hybridized carbons (Fsp3) is 0.235. The number of hydrogen-bond acceptors (Lipinski definition) is 5. The lowest BCUT2D eigenvalue weighted by molar-refractivity contribution is -0.119. The normalized spacial score (nSPS) is 18.8. The van der Waals surface area contributed by atoms with E-state index in [1.54, 1.807) is 25.3 Å². The molecule has 3 rings (SSSR count). The Morgan fingerprint density at radius 1 is 1.35 bits per heavy atom. The summed E-state index contributed by atoms with van der Waals surface area (Å²) in [4.78, 5) is 28.5. The predicted molar refractivity (Wildman–Crippen MR) is 97.3 cm³/mol. The van der Waals surface area contributed by atoms with Gasteiger partial charge in [0, 0.05) is 6.20 Å². The predicted octanol–water partition coefficient (Wildman–Crippen LogP) is 1.98. The van der Waals surface area contributed by atoms with E-state index in [-0.39, 0.29) is 28.6 Å². The molecule has 0 spiro atoms. The molecule has 1 unspecified atom stereocenters. The number of rotatable bonds is 4. The second-order valence-electron chi connectivity index (χ2n) is 5.95. The van der Waals surface area contributed by atoms with E-state index in [2.05, 4.69) is 10.3 Å². The Bertz CT molecular complexity index is 963. The fourth-order valence-corrected chi connectivity index (χ4v) is 4.74. The molecule has 2 heterocycles. The minimum Gasteiger partial charge on any atom is -0.346 e. The highest BCUT2D eigenvalue weighted by Crippen LogP contribution is 2.31. The summed E-state index contributed by atoms with van der Waals surface area (Å²) < 4.78 is 25.0. The molecule has 0 radical (unpaired) electrons. The molecule has 1 atom stereocenters. The van der Waals surface area contributed by atoms with E-state index in [9.17, 15) is 18.0 Å². The summed E-state index contributed by atoms with van der Waals surface area (Å²) in [7, 11) is -3.72. The van der Waals surface area contributed by atoms with Crippen molar-refractivity contribution in [1.82, 2.24) is 10.3 Å². The van der Waals surface area contributed by atoms with Gasteiger partial charge in [-0.3, -0.25) is 14.6 Å². The van der Waals surface area contributed by atoms with Gasteiger partial charge in [0.05, 0.1) is 40.2 Å². The van der Waals surface area contributed by atoms with Crippen molar-refractivity contribution in [3.63, 3.8) is 0 Å². The van der Waals surface area contributed by atoms with Crippen molar-refractivity contribution in [3.8, 4) is 0 Å². The Kier molecular flexibility index (Phi) is 4.97. The van der Waals surface area contributed by atoms with Gasteiger partial charge in [0.1, 0.15) is 0 Å². The van der Waals surface area contributed by atoms with Crippen LogP contribution >= 0.6 is 11.6 Å². The molecule has 1 fully saturated rings. The van der Waals surface area contributed by atoms with Crippen molar-refractivity contribution in [2.45, 2.75) is 13.5 Å². The first-order valence-electron chi connectivity index (χ1n) is 7.84. The number of sulfonamides is 1. The first kappa shape index (κ1) is 18.3. The minimum atomic E-state index is -3.72. The van der Waals surface area contributed by atoms with Gasteiger partial charge in [-0.15, -0.1) is 0 Å². The van der Waals surface area contributed by atoms with E-state index < -0.39 is 27.8 Å². The van der Waals surface area contributed by atoms with Gasteiger partial charge in [-0.05, 0) is 30.3 Å². The molecule has 0 aliphatic carbocycles. The number of nitrogens with one attached hydrogen (secondary N) is 1. The average Bonchev–Trinajstić information content (AvgIpc) is 2.80. The largest absolute Gasteiger partial charge is 0.346 e. The molecule has 0 bridgehead atoms. The minimum absolute atomic E-state index is 0.0589. The van der Waals surface area contributed by atoms with Crippen molar-refractivity contribution in [2.75, 3.05) is 10.1 Å². The van der Waals surface area contributed by atoms with Crippen molar-refractivity contribution in [1.29, 1.82) is 0 Å². The Hall–Kier alpha value is -2.45. The van der Waals surface area contributed by atoms with E-state index in [1.807, 2.05) is 6.07 Å². The summed E-state index contributed by atoms with van der Waals surface area (Å²) in [6.45, 7) is 1.79. The molecule has 1 aliphatic rings. The van der Waals surface area contributed by atoms with Gasteiger partial charge in [0.15, 0.2) is 0 Å². The molecule has 2 amide bonds. The lowest BCUT2D eigenvalue weighted by atomic mass is 10.1. The van der Waals surface area contributed by atoms with Crippen LogP contribution in [0.2, 0.25) is 5.02 Å². The van der Waals surface area contributed by atoms with E-state index in [0.29, 0.717) is 5.69 Å². The quantitative estimate of drug-likeness (QED) is 0.856. The average molecular weight is 394 g/mol. The third-order valence-electron chi connectivity index (χ3n) is 3.95. The summed E-state index contributed by atoms with van der Waals surface area (Å²) in [5, 5.41) is 2.75. The highest BCUT2D eigenvalue weighted by molar-refractivity contribution is 7.94. The van der Waals surface area contributed by atoms with Crippen molar-refractivity contribution in [2.24, 2.45) is 5.92 Å².